The van der Waals surface area contributed by atoms with Gasteiger partial charge in [0.15, 0.2) is 0 Å². The Morgan fingerprint density at radius 1 is 1.25 bits per heavy atom. The molecule has 0 radical (unpaired) electrons. The zero-order chi connectivity index (χ0) is 11.0. The predicted molar refractivity (Wildman–Crippen MR) is 65.4 cm³/mol. The molecule has 3 rings (SSSR count). The summed E-state index contributed by atoms with van der Waals surface area (Å²) in [6.07, 6.45) is 6.70. The van der Waals surface area contributed by atoms with E-state index in [2.05, 4.69) is 35.4 Å². The molecule has 1 aromatic carbocycles. The van der Waals surface area contributed by atoms with Crippen LogP contribution in [0.3, 0.4) is 0 Å². The lowest BCUT2D eigenvalue weighted by molar-refractivity contribution is 0.203. The summed E-state index contributed by atoms with van der Waals surface area (Å²) >= 11 is 0. The van der Waals surface area contributed by atoms with Crippen LogP contribution in [0.25, 0.3) is 10.9 Å². The molecule has 2 heteroatoms. The lowest BCUT2D eigenvalue weighted by Gasteiger charge is -2.10. The zero-order valence-electron chi connectivity index (χ0n) is 9.37. The minimum absolute atomic E-state index is 0.262. The molecule has 0 bridgehead atoms. The van der Waals surface area contributed by atoms with Crippen molar-refractivity contribution in [3.63, 3.8) is 0 Å². The van der Waals surface area contributed by atoms with Crippen molar-refractivity contribution in [2.24, 2.45) is 5.41 Å². The Morgan fingerprint density at radius 3 is 2.81 bits per heavy atom. The standard InChI is InChI=1S/C14H17NO/c16-10-14(7-8-14)6-5-11-9-15-13-4-2-1-3-12(11)13/h1-4,9,15-16H,5-8,10H2. The first-order chi connectivity index (χ1) is 7.83. The average Bonchev–Trinajstić information content (AvgIpc) is 3.01. The number of aromatic amines is 1. The summed E-state index contributed by atoms with van der Waals surface area (Å²) in [6.45, 7) is 0.357. The van der Waals surface area contributed by atoms with Gasteiger partial charge in [-0.3, -0.25) is 0 Å². The maximum atomic E-state index is 9.29. The van der Waals surface area contributed by atoms with Gasteiger partial charge in [0.25, 0.3) is 0 Å². The number of hydrogen-bond donors (Lipinski definition) is 2. The van der Waals surface area contributed by atoms with Crippen molar-refractivity contribution in [3.05, 3.63) is 36.0 Å². The quantitative estimate of drug-likeness (QED) is 0.808. The number of rotatable bonds is 4. The van der Waals surface area contributed by atoms with Gasteiger partial charge in [0, 0.05) is 23.7 Å². The van der Waals surface area contributed by atoms with Crippen molar-refractivity contribution < 1.29 is 5.11 Å². The number of hydrogen-bond acceptors (Lipinski definition) is 1. The predicted octanol–water partition coefficient (Wildman–Crippen LogP) is 2.87. The topological polar surface area (TPSA) is 36.0 Å². The minimum Gasteiger partial charge on any atom is -0.396 e. The van der Waals surface area contributed by atoms with Gasteiger partial charge < -0.3 is 10.1 Å². The van der Waals surface area contributed by atoms with Gasteiger partial charge in [-0.2, -0.15) is 0 Å². The minimum atomic E-state index is 0.262. The SMILES string of the molecule is OCC1(CCc2c[nH]c3ccccc23)CC1. The highest BCUT2D eigenvalue weighted by Gasteiger charge is 2.41. The smallest absolute Gasteiger partial charge is 0.0487 e. The maximum absolute atomic E-state index is 9.29. The van der Waals surface area contributed by atoms with Gasteiger partial charge in [-0.1, -0.05) is 18.2 Å². The third kappa shape index (κ3) is 1.63. The molecule has 1 saturated carbocycles. The number of aliphatic hydroxyl groups excluding tert-OH is 1. The molecule has 2 nitrogen and oxygen atoms in total. The van der Waals surface area contributed by atoms with Crippen molar-refractivity contribution in [1.82, 2.24) is 4.98 Å². The molecule has 0 spiro atoms. The van der Waals surface area contributed by atoms with Crippen molar-refractivity contribution in [3.8, 4) is 0 Å². The summed E-state index contributed by atoms with van der Waals surface area (Å²) in [7, 11) is 0. The molecule has 1 heterocycles. The summed E-state index contributed by atoms with van der Waals surface area (Å²) in [5, 5.41) is 10.6. The van der Waals surface area contributed by atoms with E-state index in [-0.39, 0.29) is 5.41 Å². The Bertz CT molecular complexity index is 496. The van der Waals surface area contributed by atoms with E-state index >= 15 is 0 Å². The first kappa shape index (κ1) is 9.91. The van der Waals surface area contributed by atoms with Gasteiger partial charge in [0.2, 0.25) is 0 Å². The average molecular weight is 215 g/mol. The number of aryl methyl sites for hydroxylation is 1. The third-order valence-electron chi connectivity index (χ3n) is 3.89. The summed E-state index contributed by atoms with van der Waals surface area (Å²) in [5.74, 6) is 0. The zero-order valence-corrected chi connectivity index (χ0v) is 9.37. The van der Waals surface area contributed by atoms with Gasteiger partial charge in [0.05, 0.1) is 0 Å². The van der Waals surface area contributed by atoms with Crippen LogP contribution in [0, 0.1) is 5.41 Å². The number of fused-ring (bicyclic) bond motifs is 1. The van der Waals surface area contributed by atoms with E-state index in [9.17, 15) is 5.11 Å². The highest BCUT2D eigenvalue weighted by Crippen LogP contribution is 2.49. The first-order valence-electron chi connectivity index (χ1n) is 5.99. The van der Waals surface area contributed by atoms with Gasteiger partial charge >= 0.3 is 0 Å². The molecule has 2 N–H and O–H groups in total. The van der Waals surface area contributed by atoms with Gasteiger partial charge in [0.1, 0.15) is 0 Å². The van der Waals surface area contributed by atoms with E-state index in [0.717, 1.165) is 12.8 Å². The number of nitrogens with one attached hydrogen (secondary N) is 1. The van der Waals surface area contributed by atoms with E-state index in [0.29, 0.717) is 6.61 Å². The Morgan fingerprint density at radius 2 is 2.06 bits per heavy atom. The molecule has 0 saturated heterocycles. The Labute approximate surface area is 95.3 Å². The van der Waals surface area contributed by atoms with Crippen LogP contribution in [-0.4, -0.2) is 16.7 Å². The first-order valence-corrected chi connectivity index (χ1v) is 5.99. The molecule has 16 heavy (non-hydrogen) atoms. The lowest BCUT2D eigenvalue weighted by atomic mass is 9.97. The second-order valence-corrected chi connectivity index (χ2v) is 5.02. The lowest BCUT2D eigenvalue weighted by Crippen LogP contribution is -2.07. The largest absolute Gasteiger partial charge is 0.396 e. The van der Waals surface area contributed by atoms with E-state index in [1.165, 1.54) is 29.3 Å². The van der Waals surface area contributed by atoms with Gasteiger partial charge in [-0.15, -0.1) is 0 Å². The van der Waals surface area contributed by atoms with Crippen molar-refractivity contribution in [2.45, 2.75) is 25.7 Å². The van der Waals surface area contributed by atoms with Gasteiger partial charge in [-0.25, -0.2) is 0 Å². The number of aromatic nitrogens is 1. The summed E-state index contributed by atoms with van der Waals surface area (Å²) in [5.41, 5.74) is 2.86. The van der Waals surface area contributed by atoms with Gasteiger partial charge in [-0.05, 0) is 42.7 Å². The van der Waals surface area contributed by atoms with Crippen LogP contribution < -0.4 is 0 Å². The van der Waals surface area contributed by atoms with E-state index in [1.807, 2.05) is 0 Å². The third-order valence-corrected chi connectivity index (χ3v) is 3.89. The highest BCUT2D eigenvalue weighted by molar-refractivity contribution is 5.83. The summed E-state index contributed by atoms with van der Waals surface area (Å²) in [6, 6.07) is 8.41. The fourth-order valence-corrected chi connectivity index (χ4v) is 2.40. The normalized spacial score (nSPS) is 17.8. The van der Waals surface area contributed by atoms with Crippen molar-refractivity contribution in [1.29, 1.82) is 0 Å². The molecule has 1 aliphatic carbocycles. The van der Waals surface area contributed by atoms with E-state index in [1.54, 1.807) is 0 Å². The monoisotopic (exact) mass is 215 g/mol. The van der Waals surface area contributed by atoms with Crippen LogP contribution in [0.2, 0.25) is 0 Å². The Kier molecular flexibility index (Phi) is 2.25. The van der Waals surface area contributed by atoms with Crippen molar-refractivity contribution >= 4 is 10.9 Å². The summed E-state index contributed by atoms with van der Waals surface area (Å²) < 4.78 is 0. The molecule has 2 aromatic rings. The van der Waals surface area contributed by atoms with E-state index in [4.69, 9.17) is 0 Å². The van der Waals surface area contributed by atoms with Crippen LogP contribution in [0.4, 0.5) is 0 Å². The maximum Gasteiger partial charge on any atom is 0.0487 e. The Balaban J connectivity index is 1.79. The number of benzene rings is 1. The second kappa shape index (κ2) is 3.63. The molecule has 1 aliphatic rings. The second-order valence-electron chi connectivity index (χ2n) is 5.02. The number of aliphatic hydroxyl groups is 1. The molecular formula is C14H17NO. The summed E-state index contributed by atoms with van der Waals surface area (Å²) in [4.78, 5) is 3.30. The Hall–Kier alpha value is -1.28. The molecule has 0 aliphatic heterocycles. The highest BCUT2D eigenvalue weighted by atomic mass is 16.3. The number of H-pyrrole nitrogens is 1. The fraction of sp³-hybridized carbons (Fsp3) is 0.429. The van der Waals surface area contributed by atoms with Crippen LogP contribution >= 0.6 is 0 Å². The van der Waals surface area contributed by atoms with Crippen LogP contribution in [0.5, 0.6) is 0 Å². The molecule has 1 aromatic heterocycles. The van der Waals surface area contributed by atoms with Crippen LogP contribution in [0.15, 0.2) is 30.5 Å². The molecular weight excluding hydrogens is 198 g/mol. The molecule has 0 amide bonds. The number of para-hydroxylation sites is 1. The van der Waals surface area contributed by atoms with E-state index < -0.39 is 0 Å². The molecule has 1 fully saturated rings. The van der Waals surface area contributed by atoms with Crippen LogP contribution in [-0.2, 0) is 6.42 Å². The molecule has 0 atom stereocenters. The van der Waals surface area contributed by atoms with Crippen molar-refractivity contribution in [2.75, 3.05) is 6.61 Å². The van der Waals surface area contributed by atoms with Crippen LogP contribution in [0.1, 0.15) is 24.8 Å². The fourth-order valence-electron chi connectivity index (χ4n) is 2.40. The molecule has 84 valence electrons. The molecule has 0 unspecified atom stereocenters.